The first-order chi connectivity index (χ1) is 9.67. The lowest BCUT2D eigenvalue weighted by Crippen LogP contribution is -2.20. The quantitative estimate of drug-likeness (QED) is 0.889. The van der Waals surface area contributed by atoms with Crippen molar-refractivity contribution < 1.29 is 9.53 Å². The Labute approximate surface area is 122 Å². The third kappa shape index (κ3) is 4.31. The fraction of sp³-hybridized carbons (Fsp3) is 0.357. The Bertz CT molecular complexity index is 566. The van der Waals surface area contributed by atoms with E-state index in [2.05, 4.69) is 21.6 Å². The molecule has 106 valence electrons. The molecular weight excluding hydrogens is 274 g/mol. The van der Waals surface area contributed by atoms with Gasteiger partial charge in [0.05, 0.1) is 0 Å². The fourth-order valence-electron chi connectivity index (χ4n) is 1.69. The molecule has 0 fully saturated rings. The predicted octanol–water partition coefficient (Wildman–Crippen LogP) is 2.82. The number of nitrogens with one attached hydrogen (secondary N) is 1. The first kappa shape index (κ1) is 14.5. The maximum Gasteiger partial charge on any atom is 0.264 e. The lowest BCUT2D eigenvalue weighted by molar-refractivity contribution is -0.118. The summed E-state index contributed by atoms with van der Waals surface area (Å²) in [6.45, 7) is 3.89. The van der Waals surface area contributed by atoms with E-state index < -0.39 is 0 Å². The van der Waals surface area contributed by atoms with Crippen LogP contribution in [-0.2, 0) is 11.2 Å². The van der Waals surface area contributed by atoms with E-state index in [1.54, 1.807) is 6.92 Å². The van der Waals surface area contributed by atoms with Crippen LogP contribution in [0.3, 0.4) is 0 Å². The van der Waals surface area contributed by atoms with Gasteiger partial charge in [-0.25, -0.2) is 4.98 Å². The molecule has 1 heterocycles. The van der Waals surface area contributed by atoms with E-state index in [0.29, 0.717) is 16.7 Å². The second kappa shape index (κ2) is 7.00. The van der Waals surface area contributed by atoms with Crippen LogP contribution in [0.1, 0.15) is 24.7 Å². The van der Waals surface area contributed by atoms with Crippen molar-refractivity contribution in [2.24, 2.45) is 0 Å². The van der Waals surface area contributed by atoms with Crippen LogP contribution >= 0.6 is 11.5 Å². The summed E-state index contributed by atoms with van der Waals surface area (Å²) in [5.41, 5.74) is 1.27. The van der Waals surface area contributed by atoms with E-state index in [4.69, 9.17) is 4.74 Å². The maximum atomic E-state index is 11.7. The van der Waals surface area contributed by atoms with Crippen molar-refractivity contribution in [1.82, 2.24) is 9.36 Å². The number of carbonyl (C=O) groups is 1. The summed E-state index contributed by atoms with van der Waals surface area (Å²) in [6, 6.07) is 7.80. The van der Waals surface area contributed by atoms with Gasteiger partial charge < -0.3 is 4.74 Å². The average Bonchev–Trinajstić information content (AvgIpc) is 2.84. The van der Waals surface area contributed by atoms with Crippen LogP contribution in [0.2, 0.25) is 0 Å². The third-order valence-electron chi connectivity index (χ3n) is 2.61. The molecule has 5 nitrogen and oxygen atoms in total. The van der Waals surface area contributed by atoms with Crippen molar-refractivity contribution in [3.05, 3.63) is 35.7 Å². The van der Waals surface area contributed by atoms with Crippen LogP contribution in [0, 0.1) is 6.92 Å². The van der Waals surface area contributed by atoms with Crippen LogP contribution < -0.4 is 10.1 Å². The molecule has 2 rings (SSSR count). The van der Waals surface area contributed by atoms with Crippen LogP contribution in [0.15, 0.2) is 24.3 Å². The molecule has 20 heavy (non-hydrogen) atoms. The van der Waals surface area contributed by atoms with Gasteiger partial charge in [0.2, 0.25) is 5.13 Å². The number of ether oxygens (including phenoxy) is 1. The van der Waals surface area contributed by atoms with Gasteiger partial charge in [0.15, 0.2) is 6.61 Å². The van der Waals surface area contributed by atoms with Gasteiger partial charge in [-0.05, 0) is 31.0 Å². The van der Waals surface area contributed by atoms with E-state index in [1.165, 1.54) is 5.56 Å². The molecule has 1 aromatic carbocycles. The molecule has 0 radical (unpaired) electrons. The zero-order valence-corrected chi connectivity index (χ0v) is 12.4. The number of nitrogens with zero attached hydrogens (tertiary/aromatic N) is 2. The Kier molecular flexibility index (Phi) is 5.06. The number of benzene rings is 1. The van der Waals surface area contributed by atoms with Gasteiger partial charge in [-0.2, -0.15) is 4.37 Å². The summed E-state index contributed by atoms with van der Waals surface area (Å²) in [6.07, 6.45) is 2.17. The molecule has 0 aliphatic heterocycles. The number of hydrogen-bond acceptors (Lipinski definition) is 5. The van der Waals surface area contributed by atoms with E-state index >= 15 is 0 Å². The van der Waals surface area contributed by atoms with Crippen molar-refractivity contribution >= 4 is 22.6 Å². The molecule has 1 amide bonds. The highest BCUT2D eigenvalue weighted by molar-refractivity contribution is 7.09. The minimum absolute atomic E-state index is 0.0360. The normalized spacial score (nSPS) is 10.3. The highest BCUT2D eigenvalue weighted by Gasteiger charge is 2.07. The second-order valence-corrected chi connectivity index (χ2v) is 5.13. The molecular formula is C14H17N3O2S. The first-order valence-electron chi connectivity index (χ1n) is 6.49. The Hall–Kier alpha value is -1.95. The van der Waals surface area contributed by atoms with Gasteiger partial charge in [-0.3, -0.25) is 10.1 Å². The lowest BCUT2D eigenvalue weighted by atomic mass is 10.1. The molecule has 0 saturated heterocycles. The van der Waals surface area contributed by atoms with E-state index in [0.717, 1.165) is 24.4 Å². The Balaban J connectivity index is 1.80. The van der Waals surface area contributed by atoms with Crippen molar-refractivity contribution in [3.63, 3.8) is 0 Å². The summed E-state index contributed by atoms with van der Waals surface area (Å²) >= 11 is 1.16. The molecule has 1 aromatic heterocycles. The number of hydrogen-bond donors (Lipinski definition) is 1. The third-order valence-corrected chi connectivity index (χ3v) is 3.33. The Morgan fingerprint density at radius 2 is 2.10 bits per heavy atom. The predicted molar refractivity (Wildman–Crippen MR) is 79.2 cm³/mol. The molecule has 0 atom stereocenters. The summed E-state index contributed by atoms with van der Waals surface area (Å²) in [7, 11) is 0. The van der Waals surface area contributed by atoms with E-state index in [-0.39, 0.29) is 12.5 Å². The Morgan fingerprint density at radius 1 is 1.35 bits per heavy atom. The highest BCUT2D eigenvalue weighted by Crippen LogP contribution is 2.14. The molecule has 6 heteroatoms. The van der Waals surface area contributed by atoms with Gasteiger partial charge in [0.25, 0.3) is 5.91 Å². The second-order valence-electron chi connectivity index (χ2n) is 4.38. The average molecular weight is 291 g/mol. The number of rotatable bonds is 6. The van der Waals surface area contributed by atoms with Crippen molar-refractivity contribution in [2.45, 2.75) is 26.7 Å². The van der Waals surface area contributed by atoms with Crippen LogP contribution in [0.4, 0.5) is 5.13 Å². The zero-order chi connectivity index (χ0) is 14.4. The van der Waals surface area contributed by atoms with Crippen LogP contribution in [0.5, 0.6) is 5.75 Å². The molecule has 0 saturated carbocycles. The monoisotopic (exact) mass is 291 g/mol. The molecule has 0 spiro atoms. The fourth-order valence-corrected chi connectivity index (χ4v) is 2.28. The number of carbonyl (C=O) groups excluding carboxylic acids is 1. The topological polar surface area (TPSA) is 64.1 Å². The van der Waals surface area contributed by atoms with Crippen LogP contribution in [-0.4, -0.2) is 21.9 Å². The lowest BCUT2D eigenvalue weighted by Gasteiger charge is -2.06. The van der Waals surface area contributed by atoms with Gasteiger partial charge in [0.1, 0.15) is 11.6 Å². The standard InChI is InChI=1S/C14H17N3O2S/c1-3-4-11-5-7-12(8-6-11)19-9-13(18)16-14-15-10(2)17-20-14/h5-8H,3-4,9H2,1-2H3,(H,15,16,17,18). The Morgan fingerprint density at radius 3 is 2.70 bits per heavy atom. The number of aromatic nitrogens is 2. The summed E-state index contributed by atoms with van der Waals surface area (Å²) in [4.78, 5) is 15.7. The van der Waals surface area contributed by atoms with Gasteiger partial charge in [0, 0.05) is 11.5 Å². The van der Waals surface area contributed by atoms with Gasteiger partial charge in [-0.15, -0.1) is 0 Å². The van der Waals surface area contributed by atoms with Crippen LogP contribution in [0.25, 0.3) is 0 Å². The number of aryl methyl sites for hydroxylation is 2. The number of anilines is 1. The molecule has 0 aliphatic carbocycles. The number of amides is 1. The molecule has 0 aliphatic rings. The van der Waals surface area contributed by atoms with E-state index in [9.17, 15) is 4.79 Å². The minimum atomic E-state index is -0.237. The molecule has 2 aromatic rings. The van der Waals surface area contributed by atoms with Crippen molar-refractivity contribution in [3.8, 4) is 5.75 Å². The summed E-state index contributed by atoms with van der Waals surface area (Å²) in [5.74, 6) is 1.10. The highest BCUT2D eigenvalue weighted by atomic mass is 32.1. The summed E-state index contributed by atoms with van der Waals surface area (Å²) < 4.78 is 9.41. The zero-order valence-electron chi connectivity index (χ0n) is 11.5. The molecule has 0 unspecified atom stereocenters. The maximum absolute atomic E-state index is 11.7. The minimum Gasteiger partial charge on any atom is -0.484 e. The largest absolute Gasteiger partial charge is 0.484 e. The van der Waals surface area contributed by atoms with Gasteiger partial charge in [-0.1, -0.05) is 25.5 Å². The molecule has 0 bridgehead atoms. The molecule has 1 N–H and O–H groups in total. The van der Waals surface area contributed by atoms with Crippen molar-refractivity contribution in [2.75, 3.05) is 11.9 Å². The smallest absolute Gasteiger partial charge is 0.264 e. The van der Waals surface area contributed by atoms with E-state index in [1.807, 2.05) is 24.3 Å². The SMILES string of the molecule is CCCc1ccc(OCC(=O)Nc2nc(C)ns2)cc1. The summed E-state index contributed by atoms with van der Waals surface area (Å²) in [5, 5.41) is 3.14. The van der Waals surface area contributed by atoms with Gasteiger partial charge >= 0.3 is 0 Å². The first-order valence-corrected chi connectivity index (χ1v) is 7.26. The van der Waals surface area contributed by atoms with Crippen molar-refractivity contribution in [1.29, 1.82) is 0 Å².